The van der Waals surface area contributed by atoms with Crippen LogP contribution in [-0.4, -0.2) is 46.7 Å². The number of amides is 1. The van der Waals surface area contributed by atoms with Gasteiger partial charge in [0.05, 0.1) is 12.5 Å². The summed E-state index contributed by atoms with van der Waals surface area (Å²) in [5.74, 6) is -0.713. The van der Waals surface area contributed by atoms with Crippen LogP contribution in [0.1, 0.15) is 29.6 Å². The first-order valence-corrected chi connectivity index (χ1v) is 7.26. The van der Waals surface area contributed by atoms with Gasteiger partial charge < -0.3 is 9.64 Å². The van der Waals surface area contributed by atoms with E-state index in [4.69, 9.17) is 16.3 Å². The standard InChI is InChI=1S/C11H14ClN3O3S/c1-2-18-10(17)7-4-3-5-15(6-7)9(16)8-13-14-11(12)19-8/h7H,2-6H2,1H3. The van der Waals surface area contributed by atoms with Crippen LogP contribution in [-0.2, 0) is 9.53 Å². The molecule has 1 unspecified atom stereocenters. The summed E-state index contributed by atoms with van der Waals surface area (Å²) in [6.07, 6.45) is 1.53. The van der Waals surface area contributed by atoms with E-state index in [2.05, 4.69) is 10.2 Å². The Hall–Kier alpha value is -1.21. The molecular weight excluding hydrogens is 290 g/mol. The number of nitrogens with zero attached hydrogens (tertiary/aromatic N) is 3. The molecule has 8 heteroatoms. The first-order chi connectivity index (χ1) is 9.11. The third-order valence-corrected chi connectivity index (χ3v) is 3.92. The third-order valence-electron chi connectivity index (χ3n) is 2.91. The number of rotatable bonds is 3. The van der Waals surface area contributed by atoms with Gasteiger partial charge in [0.2, 0.25) is 9.47 Å². The molecule has 1 aliphatic rings. The summed E-state index contributed by atoms with van der Waals surface area (Å²) in [5, 5.41) is 7.60. The Balaban J connectivity index is 2.01. The smallest absolute Gasteiger partial charge is 0.310 e. The molecule has 0 N–H and O–H groups in total. The van der Waals surface area contributed by atoms with Gasteiger partial charge in [0.15, 0.2) is 0 Å². The monoisotopic (exact) mass is 303 g/mol. The fraction of sp³-hybridized carbons (Fsp3) is 0.636. The van der Waals surface area contributed by atoms with Gasteiger partial charge in [-0.25, -0.2) is 0 Å². The van der Waals surface area contributed by atoms with Crippen molar-refractivity contribution in [3.05, 3.63) is 9.47 Å². The van der Waals surface area contributed by atoms with E-state index in [1.54, 1.807) is 11.8 Å². The van der Waals surface area contributed by atoms with Crippen LogP contribution in [0.25, 0.3) is 0 Å². The van der Waals surface area contributed by atoms with Crippen LogP contribution in [0.3, 0.4) is 0 Å². The maximum atomic E-state index is 12.2. The molecule has 6 nitrogen and oxygen atoms in total. The highest BCUT2D eigenvalue weighted by Gasteiger charge is 2.31. The van der Waals surface area contributed by atoms with Crippen LogP contribution in [0, 0.1) is 5.92 Å². The quantitative estimate of drug-likeness (QED) is 0.793. The molecule has 1 aliphatic heterocycles. The summed E-state index contributed by atoms with van der Waals surface area (Å²) in [6.45, 7) is 3.11. The zero-order chi connectivity index (χ0) is 13.8. The topological polar surface area (TPSA) is 72.4 Å². The minimum atomic E-state index is -0.249. The van der Waals surface area contributed by atoms with Gasteiger partial charge in [0.25, 0.3) is 5.91 Å². The molecule has 1 aromatic rings. The Morgan fingerprint density at radius 1 is 1.53 bits per heavy atom. The van der Waals surface area contributed by atoms with E-state index in [1.165, 1.54) is 0 Å². The van der Waals surface area contributed by atoms with Gasteiger partial charge in [-0.2, -0.15) is 0 Å². The molecule has 0 saturated carbocycles. The molecule has 0 aromatic carbocycles. The average molecular weight is 304 g/mol. The van der Waals surface area contributed by atoms with Crippen LogP contribution < -0.4 is 0 Å². The Labute approximate surface area is 119 Å². The Bertz CT molecular complexity index is 480. The summed E-state index contributed by atoms with van der Waals surface area (Å²) < 4.78 is 5.23. The number of hydrogen-bond donors (Lipinski definition) is 0. The highest BCUT2D eigenvalue weighted by molar-refractivity contribution is 7.17. The van der Waals surface area contributed by atoms with Crippen molar-refractivity contribution in [3.63, 3.8) is 0 Å². The van der Waals surface area contributed by atoms with Gasteiger partial charge in [-0.3, -0.25) is 9.59 Å². The lowest BCUT2D eigenvalue weighted by Crippen LogP contribution is -2.42. The summed E-state index contributed by atoms with van der Waals surface area (Å²) in [7, 11) is 0. The van der Waals surface area contributed by atoms with E-state index in [0.29, 0.717) is 19.7 Å². The lowest BCUT2D eigenvalue weighted by molar-refractivity contribution is -0.149. The fourth-order valence-corrected chi connectivity index (χ4v) is 2.84. The SMILES string of the molecule is CCOC(=O)C1CCCN(C(=O)c2nnc(Cl)s2)C1. The summed E-state index contributed by atoms with van der Waals surface area (Å²) in [6, 6.07) is 0. The number of halogens is 1. The van der Waals surface area contributed by atoms with E-state index in [1.807, 2.05) is 0 Å². The summed E-state index contributed by atoms with van der Waals surface area (Å²) >= 11 is 6.71. The van der Waals surface area contributed by atoms with Gasteiger partial charge in [0, 0.05) is 13.1 Å². The molecule has 0 radical (unpaired) electrons. The fourth-order valence-electron chi connectivity index (χ4n) is 2.04. The van der Waals surface area contributed by atoms with Gasteiger partial charge >= 0.3 is 5.97 Å². The molecule has 1 saturated heterocycles. The number of hydrogen-bond acceptors (Lipinski definition) is 6. The molecule has 104 valence electrons. The lowest BCUT2D eigenvalue weighted by atomic mass is 9.98. The molecule has 0 aliphatic carbocycles. The average Bonchev–Trinajstić information content (AvgIpc) is 2.85. The van der Waals surface area contributed by atoms with Crippen molar-refractivity contribution in [2.75, 3.05) is 19.7 Å². The summed E-state index contributed by atoms with van der Waals surface area (Å²) in [4.78, 5) is 25.5. The van der Waals surface area contributed by atoms with E-state index in [-0.39, 0.29) is 27.3 Å². The molecule has 1 amide bonds. The first-order valence-electron chi connectivity index (χ1n) is 6.06. The van der Waals surface area contributed by atoms with E-state index in [9.17, 15) is 9.59 Å². The Morgan fingerprint density at radius 3 is 2.95 bits per heavy atom. The van der Waals surface area contributed by atoms with Gasteiger partial charge in [0.1, 0.15) is 0 Å². The van der Waals surface area contributed by atoms with Gasteiger partial charge in [-0.1, -0.05) is 11.3 Å². The van der Waals surface area contributed by atoms with E-state index >= 15 is 0 Å². The van der Waals surface area contributed by atoms with E-state index < -0.39 is 0 Å². The van der Waals surface area contributed by atoms with Crippen molar-refractivity contribution < 1.29 is 14.3 Å². The predicted octanol–water partition coefficient (Wildman–Crippen LogP) is 1.61. The van der Waals surface area contributed by atoms with Crippen LogP contribution in [0.2, 0.25) is 4.47 Å². The van der Waals surface area contributed by atoms with Crippen LogP contribution in [0.5, 0.6) is 0 Å². The second kappa shape index (κ2) is 6.29. The van der Waals surface area contributed by atoms with Crippen LogP contribution >= 0.6 is 22.9 Å². The molecule has 1 atom stereocenters. The zero-order valence-corrected chi connectivity index (χ0v) is 12.0. The third kappa shape index (κ3) is 3.42. The molecular formula is C11H14ClN3O3S. The minimum Gasteiger partial charge on any atom is -0.466 e. The van der Waals surface area contributed by atoms with Crippen molar-refractivity contribution in [1.82, 2.24) is 15.1 Å². The number of piperidine rings is 1. The largest absolute Gasteiger partial charge is 0.466 e. The number of aromatic nitrogens is 2. The second-order valence-corrected chi connectivity index (χ2v) is 5.76. The second-order valence-electron chi connectivity index (χ2n) is 4.20. The number of esters is 1. The van der Waals surface area contributed by atoms with Gasteiger partial charge in [-0.05, 0) is 31.4 Å². The van der Waals surface area contributed by atoms with Crippen molar-refractivity contribution in [2.24, 2.45) is 5.92 Å². The highest BCUT2D eigenvalue weighted by atomic mass is 35.5. The van der Waals surface area contributed by atoms with Crippen LogP contribution in [0.4, 0.5) is 0 Å². The Morgan fingerprint density at radius 2 is 2.32 bits per heavy atom. The van der Waals surface area contributed by atoms with Crippen LogP contribution in [0.15, 0.2) is 0 Å². The molecule has 1 fully saturated rings. The van der Waals surface area contributed by atoms with Crippen molar-refractivity contribution in [1.29, 1.82) is 0 Å². The molecule has 19 heavy (non-hydrogen) atoms. The lowest BCUT2D eigenvalue weighted by Gasteiger charge is -2.30. The van der Waals surface area contributed by atoms with Gasteiger partial charge in [-0.15, -0.1) is 10.2 Å². The van der Waals surface area contributed by atoms with Crippen molar-refractivity contribution in [2.45, 2.75) is 19.8 Å². The first kappa shape index (κ1) is 14.2. The molecule has 0 bridgehead atoms. The maximum Gasteiger partial charge on any atom is 0.310 e. The number of ether oxygens (including phenoxy) is 1. The van der Waals surface area contributed by atoms with Crippen molar-refractivity contribution in [3.8, 4) is 0 Å². The van der Waals surface area contributed by atoms with E-state index in [0.717, 1.165) is 24.2 Å². The normalized spacial score (nSPS) is 19.3. The zero-order valence-electron chi connectivity index (χ0n) is 10.5. The number of carbonyl (C=O) groups is 2. The maximum absolute atomic E-state index is 12.2. The number of carbonyl (C=O) groups excluding carboxylic acids is 2. The van der Waals surface area contributed by atoms with Crippen molar-refractivity contribution >= 4 is 34.8 Å². The number of likely N-dealkylation sites (tertiary alicyclic amines) is 1. The molecule has 1 aromatic heterocycles. The predicted molar refractivity (Wildman–Crippen MR) is 70.2 cm³/mol. The highest BCUT2D eigenvalue weighted by Crippen LogP contribution is 2.22. The molecule has 2 rings (SSSR count). The minimum absolute atomic E-state index is 0.224. The molecule has 2 heterocycles. The molecule has 0 spiro atoms. The Kier molecular flexibility index (Phi) is 4.71. The summed E-state index contributed by atoms with van der Waals surface area (Å²) in [5.41, 5.74) is 0.